The molecule has 0 spiro atoms. The second-order valence-electron chi connectivity index (χ2n) is 3.90. The van der Waals surface area contributed by atoms with E-state index >= 15 is 0 Å². The van der Waals surface area contributed by atoms with Crippen molar-refractivity contribution in [1.29, 1.82) is 0 Å². The number of rotatable bonds is 3. The number of nitrogens with two attached hydrogens (primary N) is 1. The molecule has 1 aromatic heterocycles. The van der Waals surface area contributed by atoms with Crippen LogP contribution in [0.2, 0.25) is 0 Å². The Kier molecular flexibility index (Phi) is 3.23. The number of aryl methyl sites for hydroxylation is 1. The fourth-order valence-corrected chi connectivity index (χ4v) is 1.55. The molecule has 0 aliphatic heterocycles. The third kappa shape index (κ3) is 2.72. The van der Waals surface area contributed by atoms with Crippen LogP contribution in [0.4, 0.5) is 15.8 Å². The van der Waals surface area contributed by atoms with E-state index < -0.39 is 0 Å². The van der Waals surface area contributed by atoms with Crippen molar-refractivity contribution in [2.75, 3.05) is 11.1 Å². The summed E-state index contributed by atoms with van der Waals surface area (Å²) in [6.07, 6.45) is 3.46. The van der Waals surface area contributed by atoms with Gasteiger partial charge in [-0.05, 0) is 42.3 Å². The normalized spacial score (nSPS) is 10.2. The minimum Gasteiger partial charge on any atom is -0.397 e. The second kappa shape index (κ2) is 4.82. The molecular weight excluding hydrogens is 217 g/mol. The highest BCUT2D eigenvalue weighted by Crippen LogP contribution is 2.22. The molecule has 0 amide bonds. The van der Waals surface area contributed by atoms with Crippen molar-refractivity contribution in [2.24, 2.45) is 0 Å². The molecule has 0 aliphatic carbocycles. The molecule has 0 saturated carbocycles. The zero-order chi connectivity index (χ0) is 12.3. The quantitative estimate of drug-likeness (QED) is 0.798. The number of nitrogens with one attached hydrogen (secondary N) is 1. The van der Waals surface area contributed by atoms with E-state index in [1.807, 2.05) is 12.1 Å². The van der Waals surface area contributed by atoms with Gasteiger partial charge in [0.1, 0.15) is 5.82 Å². The molecule has 88 valence electrons. The monoisotopic (exact) mass is 231 g/mol. The Bertz CT molecular complexity index is 512. The van der Waals surface area contributed by atoms with E-state index in [9.17, 15) is 4.39 Å². The maximum Gasteiger partial charge on any atom is 0.128 e. The third-order valence-electron chi connectivity index (χ3n) is 2.56. The van der Waals surface area contributed by atoms with Gasteiger partial charge < -0.3 is 11.1 Å². The van der Waals surface area contributed by atoms with Crippen LogP contribution in [0.3, 0.4) is 0 Å². The fourth-order valence-electron chi connectivity index (χ4n) is 1.55. The Hall–Kier alpha value is -2.10. The molecule has 0 bridgehead atoms. The van der Waals surface area contributed by atoms with Crippen molar-refractivity contribution in [2.45, 2.75) is 13.5 Å². The Morgan fingerprint density at radius 1 is 1.29 bits per heavy atom. The summed E-state index contributed by atoms with van der Waals surface area (Å²) < 4.78 is 13.2. The summed E-state index contributed by atoms with van der Waals surface area (Å²) in [5.41, 5.74) is 8.59. The number of halogens is 1. The first-order valence-corrected chi connectivity index (χ1v) is 5.35. The average Bonchev–Trinajstić information content (AvgIpc) is 2.33. The molecule has 2 aromatic rings. The summed E-state index contributed by atoms with van der Waals surface area (Å²) in [5, 5.41) is 3.18. The number of hydrogen-bond acceptors (Lipinski definition) is 3. The van der Waals surface area contributed by atoms with E-state index in [2.05, 4.69) is 10.3 Å². The number of benzene rings is 1. The highest BCUT2D eigenvalue weighted by atomic mass is 19.1. The van der Waals surface area contributed by atoms with Gasteiger partial charge in [-0.1, -0.05) is 0 Å². The molecule has 0 unspecified atom stereocenters. The Labute approximate surface area is 99.5 Å². The number of anilines is 2. The molecule has 1 aromatic carbocycles. The number of aromatic nitrogens is 1. The van der Waals surface area contributed by atoms with E-state index in [4.69, 9.17) is 5.73 Å². The predicted molar refractivity (Wildman–Crippen MR) is 67.1 cm³/mol. The lowest BCUT2D eigenvalue weighted by atomic mass is 10.1. The zero-order valence-corrected chi connectivity index (χ0v) is 9.57. The van der Waals surface area contributed by atoms with Gasteiger partial charge in [0.2, 0.25) is 0 Å². The zero-order valence-electron chi connectivity index (χ0n) is 9.57. The maximum atomic E-state index is 13.2. The summed E-state index contributed by atoms with van der Waals surface area (Å²) in [5.74, 6) is -0.281. The van der Waals surface area contributed by atoms with Crippen LogP contribution in [0.1, 0.15) is 11.1 Å². The molecule has 3 N–H and O–H groups in total. The van der Waals surface area contributed by atoms with Crippen LogP contribution in [0, 0.1) is 12.7 Å². The smallest absolute Gasteiger partial charge is 0.128 e. The molecule has 4 heteroatoms. The summed E-state index contributed by atoms with van der Waals surface area (Å²) >= 11 is 0. The maximum absolute atomic E-state index is 13.2. The van der Waals surface area contributed by atoms with Crippen molar-refractivity contribution in [3.63, 3.8) is 0 Å². The van der Waals surface area contributed by atoms with Gasteiger partial charge in [-0.15, -0.1) is 0 Å². The topological polar surface area (TPSA) is 50.9 Å². The van der Waals surface area contributed by atoms with Gasteiger partial charge in [-0.25, -0.2) is 4.39 Å². The second-order valence-corrected chi connectivity index (χ2v) is 3.90. The van der Waals surface area contributed by atoms with Gasteiger partial charge in [0.05, 0.1) is 11.4 Å². The average molecular weight is 231 g/mol. The van der Waals surface area contributed by atoms with Crippen LogP contribution in [-0.4, -0.2) is 4.98 Å². The Morgan fingerprint density at radius 2 is 2.00 bits per heavy atom. The number of hydrogen-bond donors (Lipinski definition) is 2. The van der Waals surface area contributed by atoms with Crippen molar-refractivity contribution in [3.8, 4) is 0 Å². The standard InChI is InChI=1S/C13H14FN3/c1-9-6-13(12(15)7-11(9)14)17-8-10-2-4-16-5-3-10/h2-7,17H,8,15H2,1H3. The summed E-state index contributed by atoms with van der Waals surface area (Å²) in [7, 11) is 0. The molecule has 0 saturated heterocycles. The minimum absolute atomic E-state index is 0.281. The van der Waals surface area contributed by atoms with Crippen molar-refractivity contribution in [3.05, 3.63) is 53.6 Å². The van der Waals surface area contributed by atoms with Crippen LogP contribution >= 0.6 is 0 Å². The molecule has 1 heterocycles. The SMILES string of the molecule is Cc1cc(NCc2ccncc2)c(N)cc1F. The molecule has 0 fully saturated rings. The van der Waals surface area contributed by atoms with Gasteiger partial charge in [-0.3, -0.25) is 4.98 Å². The summed E-state index contributed by atoms with van der Waals surface area (Å²) in [6.45, 7) is 2.35. The van der Waals surface area contributed by atoms with Crippen molar-refractivity contribution >= 4 is 11.4 Å². The summed E-state index contributed by atoms with van der Waals surface area (Å²) in [6, 6.07) is 6.88. The van der Waals surface area contributed by atoms with Gasteiger partial charge >= 0.3 is 0 Å². The lowest BCUT2D eigenvalue weighted by Crippen LogP contribution is -2.03. The van der Waals surface area contributed by atoms with Crippen LogP contribution in [0.25, 0.3) is 0 Å². The molecular formula is C13H14FN3. The molecule has 0 radical (unpaired) electrons. The molecule has 3 nitrogen and oxygen atoms in total. The van der Waals surface area contributed by atoms with E-state index in [1.54, 1.807) is 25.4 Å². The van der Waals surface area contributed by atoms with Crippen LogP contribution in [0.5, 0.6) is 0 Å². The van der Waals surface area contributed by atoms with Crippen molar-refractivity contribution < 1.29 is 4.39 Å². The highest BCUT2D eigenvalue weighted by molar-refractivity contribution is 5.67. The predicted octanol–water partition coefficient (Wildman–Crippen LogP) is 2.72. The third-order valence-corrected chi connectivity index (χ3v) is 2.56. The first-order chi connectivity index (χ1) is 8.16. The first-order valence-electron chi connectivity index (χ1n) is 5.35. The van der Waals surface area contributed by atoms with Crippen LogP contribution in [0.15, 0.2) is 36.7 Å². The van der Waals surface area contributed by atoms with E-state index in [0.717, 1.165) is 11.3 Å². The van der Waals surface area contributed by atoms with E-state index in [-0.39, 0.29) is 5.82 Å². The van der Waals surface area contributed by atoms with Gasteiger partial charge in [0.25, 0.3) is 0 Å². The van der Waals surface area contributed by atoms with E-state index in [1.165, 1.54) is 6.07 Å². The number of nitrogen functional groups attached to an aromatic ring is 1. The molecule has 17 heavy (non-hydrogen) atoms. The molecule has 0 aliphatic rings. The largest absolute Gasteiger partial charge is 0.397 e. The first kappa shape index (κ1) is 11.4. The Balaban J connectivity index is 2.12. The lowest BCUT2D eigenvalue weighted by molar-refractivity contribution is 0.619. The van der Waals surface area contributed by atoms with Gasteiger partial charge in [0.15, 0.2) is 0 Å². The Morgan fingerprint density at radius 3 is 2.71 bits per heavy atom. The van der Waals surface area contributed by atoms with Crippen LogP contribution in [-0.2, 0) is 6.54 Å². The van der Waals surface area contributed by atoms with E-state index in [0.29, 0.717) is 17.8 Å². The fraction of sp³-hybridized carbons (Fsp3) is 0.154. The lowest BCUT2D eigenvalue weighted by Gasteiger charge is -2.10. The van der Waals surface area contributed by atoms with Crippen LogP contribution < -0.4 is 11.1 Å². The number of pyridine rings is 1. The minimum atomic E-state index is -0.281. The van der Waals surface area contributed by atoms with Gasteiger partial charge in [0, 0.05) is 18.9 Å². The molecule has 2 rings (SSSR count). The highest BCUT2D eigenvalue weighted by Gasteiger charge is 2.04. The van der Waals surface area contributed by atoms with Gasteiger partial charge in [-0.2, -0.15) is 0 Å². The number of nitrogens with zero attached hydrogens (tertiary/aromatic N) is 1. The molecule has 0 atom stereocenters. The summed E-state index contributed by atoms with van der Waals surface area (Å²) in [4.78, 5) is 3.94. The van der Waals surface area contributed by atoms with Crippen molar-refractivity contribution in [1.82, 2.24) is 4.98 Å².